The number of hydrogen-bond donors (Lipinski definition) is 1. The number of benzene rings is 2. The van der Waals surface area contributed by atoms with Crippen molar-refractivity contribution >= 4 is 27.9 Å². The Balaban J connectivity index is 1.69. The van der Waals surface area contributed by atoms with E-state index in [2.05, 4.69) is 21.2 Å². The van der Waals surface area contributed by atoms with Gasteiger partial charge in [0.05, 0.1) is 19.8 Å². The van der Waals surface area contributed by atoms with Gasteiger partial charge in [-0.1, -0.05) is 22.0 Å². The van der Waals surface area contributed by atoms with E-state index in [0.717, 1.165) is 15.8 Å². The predicted octanol–water partition coefficient (Wildman–Crippen LogP) is 4.25. The zero-order valence-corrected chi connectivity index (χ0v) is 15.2. The Bertz CT molecular complexity index is 822. The third kappa shape index (κ3) is 4.20. The average molecular weight is 406 g/mol. The number of amides is 1. The van der Waals surface area contributed by atoms with Gasteiger partial charge in [0.25, 0.3) is 0 Å². The highest BCUT2D eigenvalue weighted by atomic mass is 79.9. The number of nitrogens with one attached hydrogen (secondary N) is 1. The first-order chi connectivity index (χ1) is 12.1. The molecule has 0 spiro atoms. The molecule has 3 rings (SSSR count). The van der Waals surface area contributed by atoms with Gasteiger partial charge in [0.15, 0.2) is 11.6 Å². The summed E-state index contributed by atoms with van der Waals surface area (Å²) in [5.41, 5.74) is 1.53. The molecule has 2 aromatic rings. The Morgan fingerprint density at radius 2 is 2.20 bits per heavy atom. The molecule has 1 aliphatic heterocycles. The third-order valence-electron chi connectivity index (χ3n) is 3.93. The highest BCUT2D eigenvalue weighted by Gasteiger charge is 2.22. The van der Waals surface area contributed by atoms with Crippen LogP contribution in [0.5, 0.6) is 11.5 Å². The second-order valence-electron chi connectivity index (χ2n) is 5.61. The fourth-order valence-corrected chi connectivity index (χ4v) is 3.07. The maximum atomic E-state index is 13.7. The minimum atomic E-state index is -0.465. The summed E-state index contributed by atoms with van der Waals surface area (Å²) in [5.74, 6) is 0.245. The van der Waals surface area contributed by atoms with Crippen LogP contribution in [0.25, 0.3) is 6.08 Å². The van der Waals surface area contributed by atoms with Crippen LogP contribution >= 0.6 is 15.9 Å². The SMILES string of the molecule is COc1ccc(/C=C/C(=O)NC2CCOc3ccc(Br)cc32)cc1F. The van der Waals surface area contributed by atoms with E-state index >= 15 is 0 Å². The molecule has 1 N–H and O–H groups in total. The highest BCUT2D eigenvalue weighted by molar-refractivity contribution is 9.10. The highest BCUT2D eigenvalue weighted by Crippen LogP contribution is 2.34. The minimum Gasteiger partial charge on any atom is -0.494 e. The normalized spacial score (nSPS) is 16.2. The Morgan fingerprint density at radius 1 is 1.36 bits per heavy atom. The lowest BCUT2D eigenvalue weighted by Gasteiger charge is -2.26. The molecule has 0 fully saturated rings. The molecule has 0 saturated heterocycles. The molecule has 0 bridgehead atoms. The smallest absolute Gasteiger partial charge is 0.244 e. The van der Waals surface area contributed by atoms with Crippen LogP contribution in [0.15, 0.2) is 46.9 Å². The first kappa shape index (κ1) is 17.5. The Morgan fingerprint density at radius 3 is 2.96 bits per heavy atom. The van der Waals surface area contributed by atoms with Gasteiger partial charge in [0.1, 0.15) is 5.75 Å². The monoisotopic (exact) mass is 405 g/mol. The van der Waals surface area contributed by atoms with Crippen molar-refractivity contribution in [3.63, 3.8) is 0 Å². The number of halogens is 2. The maximum absolute atomic E-state index is 13.7. The molecular formula is C19H17BrFNO3. The van der Waals surface area contributed by atoms with Gasteiger partial charge >= 0.3 is 0 Å². The van der Waals surface area contributed by atoms with Crippen LogP contribution in [-0.4, -0.2) is 19.6 Å². The van der Waals surface area contributed by atoms with E-state index in [9.17, 15) is 9.18 Å². The van der Waals surface area contributed by atoms with E-state index in [-0.39, 0.29) is 17.7 Å². The molecule has 1 unspecified atom stereocenters. The summed E-state index contributed by atoms with van der Waals surface area (Å²) in [6, 6.07) is 10.2. The Labute approximate surface area is 153 Å². The summed E-state index contributed by atoms with van der Waals surface area (Å²) in [4.78, 5) is 12.2. The standard InChI is InChI=1S/C19H17BrFNO3/c1-24-18-5-2-12(10-15(18)21)3-7-19(23)22-16-8-9-25-17-6-4-13(20)11-14(16)17/h2-7,10-11,16H,8-9H2,1H3,(H,22,23)/b7-3+. The second kappa shape index (κ2) is 7.70. The van der Waals surface area contributed by atoms with Gasteiger partial charge in [0.2, 0.25) is 5.91 Å². The van der Waals surface area contributed by atoms with Crippen molar-refractivity contribution in [3.05, 3.63) is 63.9 Å². The quantitative estimate of drug-likeness (QED) is 0.773. The lowest BCUT2D eigenvalue weighted by atomic mass is 10.0. The second-order valence-corrected chi connectivity index (χ2v) is 6.52. The van der Waals surface area contributed by atoms with E-state index in [1.807, 2.05) is 18.2 Å². The van der Waals surface area contributed by atoms with Crippen molar-refractivity contribution in [2.24, 2.45) is 0 Å². The first-order valence-electron chi connectivity index (χ1n) is 7.81. The van der Waals surface area contributed by atoms with Crippen LogP contribution in [0.1, 0.15) is 23.6 Å². The number of rotatable bonds is 4. The fraction of sp³-hybridized carbons (Fsp3) is 0.211. The molecular weight excluding hydrogens is 389 g/mol. The van der Waals surface area contributed by atoms with Gasteiger partial charge in [-0.3, -0.25) is 4.79 Å². The van der Waals surface area contributed by atoms with Crippen LogP contribution in [0.3, 0.4) is 0 Å². The van der Waals surface area contributed by atoms with Gasteiger partial charge < -0.3 is 14.8 Å². The molecule has 0 radical (unpaired) electrons. The van der Waals surface area contributed by atoms with E-state index in [4.69, 9.17) is 9.47 Å². The van der Waals surface area contributed by atoms with E-state index in [0.29, 0.717) is 18.6 Å². The van der Waals surface area contributed by atoms with Crippen LogP contribution in [0.4, 0.5) is 4.39 Å². The molecule has 25 heavy (non-hydrogen) atoms. The topological polar surface area (TPSA) is 47.6 Å². The van der Waals surface area contributed by atoms with Crippen LogP contribution in [0.2, 0.25) is 0 Å². The summed E-state index contributed by atoms with van der Waals surface area (Å²) in [5, 5.41) is 2.96. The van der Waals surface area contributed by atoms with Crippen molar-refractivity contribution in [2.45, 2.75) is 12.5 Å². The number of ether oxygens (including phenoxy) is 2. The lowest BCUT2D eigenvalue weighted by molar-refractivity contribution is -0.117. The van der Waals surface area contributed by atoms with Crippen LogP contribution in [-0.2, 0) is 4.79 Å². The maximum Gasteiger partial charge on any atom is 0.244 e. The molecule has 1 atom stereocenters. The van der Waals surface area contributed by atoms with Gasteiger partial charge in [-0.05, 0) is 42.0 Å². The molecule has 2 aromatic carbocycles. The van der Waals surface area contributed by atoms with Crippen molar-refractivity contribution in [1.29, 1.82) is 0 Å². The number of fused-ring (bicyclic) bond motifs is 1. The molecule has 0 aromatic heterocycles. The summed E-state index contributed by atoms with van der Waals surface area (Å²) >= 11 is 3.44. The average Bonchev–Trinajstić information content (AvgIpc) is 2.60. The molecule has 4 nitrogen and oxygen atoms in total. The van der Waals surface area contributed by atoms with E-state index in [1.54, 1.807) is 12.1 Å². The van der Waals surface area contributed by atoms with Crippen LogP contribution in [0, 0.1) is 5.82 Å². The molecule has 0 saturated carbocycles. The molecule has 1 aliphatic rings. The summed E-state index contributed by atoms with van der Waals surface area (Å²) < 4.78 is 25.1. The largest absolute Gasteiger partial charge is 0.494 e. The zero-order chi connectivity index (χ0) is 17.8. The molecule has 6 heteroatoms. The Kier molecular flexibility index (Phi) is 5.38. The van der Waals surface area contributed by atoms with Crippen LogP contribution < -0.4 is 14.8 Å². The fourth-order valence-electron chi connectivity index (χ4n) is 2.69. The number of methoxy groups -OCH3 is 1. The van der Waals surface area contributed by atoms with Crippen molar-refractivity contribution in [2.75, 3.05) is 13.7 Å². The molecule has 130 valence electrons. The molecule has 1 heterocycles. The molecule has 0 aliphatic carbocycles. The van der Waals surface area contributed by atoms with Gasteiger partial charge in [-0.25, -0.2) is 4.39 Å². The van der Waals surface area contributed by atoms with Crippen molar-refractivity contribution < 1.29 is 18.7 Å². The third-order valence-corrected chi connectivity index (χ3v) is 4.42. The number of carbonyl (C=O) groups is 1. The van der Waals surface area contributed by atoms with E-state index < -0.39 is 5.82 Å². The van der Waals surface area contributed by atoms with Gasteiger partial charge in [-0.2, -0.15) is 0 Å². The lowest BCUT2D eigenvalue weighted by Crippen LogP contribution is -2.31. The van der Waals surface area contributed by atoms with E-state index in [1.165, 1.54) is 25.3 Å². The Hall–Kier alpha value is -2.34. The summed E-state index contributed by atoms with van der Waals surface area (Å²) in [6.07, 6.45) is 3.66. The van der Waals surface area contributed by atoms with Crippen molar-refractivity contribution in [3.8, 4) is 11.5 Å². The van der Waals surface area contributed by atoms with Gasteiger partial charge in [-0.15, -0.1) is 0 Å². The summed E-state index contributed by atoms with van der Waals surface area (Å²) in [6.45, 7) is 0.549. The number of hydrogen-bond acceptors (Lipinski definition) is 3. The molecule has 1 amide bonds. The predicted molar refractivity (Wildman–Crippen MR) is 97.1 cm³/mol. The number of carbonyl (C=O) groups excluding carboxylic acids is 1. The van der Waals surface area contributed by atoms with Gasteiger partial charge in [0, 0.05) is 22.5 Å². The first-order valence-corrected chi connectivity index (χ1v) is 8.60. The summed E-state index contributed by atoms with van der Waals surface area (Å²) in [7, 11) is 1.41. The minimum absolute atomic E-state index is 0.119. The van der Waals surface area contributed by atoms with Crippen molar-refractivity contribution in [1.82, 2.24) is 5.32 Å². The zero-order valence-electron chi connectivity index (χ0n) is 13.6.